The number of rotatable bonds is 7. The van der Waals surface area contributed by atoms with Crippen LogP contribution in [0.1, 0.15) is 39.4 Å². The first-order valence-corrected chi connectivity index (χ1v) is 9.02. The molecule has 0 atom stereocenters. The fourth-order valence-corrected chi connectivity index (χ4v) is 2.81. The summed E-state index contributed by atoms with van der Waals surface area (Å²) < 4.78 is 5.17. The van der Waals surface area contributed by atoms with Gasteiger partial charge < -0.3 is 15.2 Å². The number of nitrogens with zero attached hydrogens (tertiary/aromatic N) is 2. The zero-order valence-electron chi connectivity index (χ0n) is 15.9. The highest BCUT2D eigenvalue weighted by atomic mass is 16.5. The van der Waals surface area contributed by atoms with Crippen LogP contribution in [0.25, 0.3) is 0 Å². The Hall–Kier alpha value is -3.15. The molecule has 1 aromatic carbocycles. The molecule has 0 aliphatic heterocycles. The molecule has 0 unspecified atom stereocenters. The van der Waals surface area contributed by atoms with Crippen molar-refractivity contribution in [3.05, 3.63) is 70.7 Å². The third-order valence-corrected chi connectivity index (χ3v) is 4.43. The standard InChI is InChI=1S/C21H24N4O2/c1-14-6-9-18(10-7-14)24-21(26)17-8-11-20(23-13-17)22-12-4-5-19-15(2)25-27-16(19)3/h6-11,13H,4-5,12H2,1-3H3,(H,22,23)(H,24,26). The number of carbonyl (C=O) groups excluding carboxylic acids is 1. The first-order valence-electron chi connectivity index (χ1n) is 9.02. The lowest BCUT2D eigenvalue weighted by atomic mass is 10.1. The minimum atomic E-state index is -0.170. The van der Waals surface area contributed by atoms with Crippen molar-refractivity contribution in [3.63, 3.8) is 0 Å². The Bertz CT molecular complexity index is 879. The number of hydrogen-bond donors (Lipinski definition) is 2. The van der Waals surface area contributed by atoms with Gasteiger partial charge in [0.15, 0.2) is 0 Å². The molecule has 2 heterocycles. The fourth-order valence-electron chi connectivity index (χ4n) is 2.81. The van der Waals surface area contributed by atoms with Crippen LogP contribution in [0.4, 0.5) is 11.5 Å². The van der Waals surface area contributed by atoms with Crippen molar-refractivity contribution in [1.29, 1.82) is 0 Å². The fraction of sp³-hybridized carbons (Fsp3) is 0.286. The molecule has 140 valence electrons. The van der Waals surface area contributed by atoms with E-state index < -0.39 is 0 Å². The monoisotopic (exact) mass is 364 g/mol. The number of aromatic nitrogens is 2. The van der Waals surface area contributed by atoms with Crippen LogP contribution in [-0.4, -0.2) is 22.6 Å². The van der Waals surface area contributed by atoms with E-state index in [1.807, 2.05) is 51.1 Å². The van der Waals surface area contributed by atoms with Gasteiger partial charge in [-0.1, -0.05) is 22.9 Å². The number of amides is 1. The summed E-state index contributed by atoms with van der Waals surface area (Å²) in [5, 5.41) is 10.1. The Labute approximate surface area is 159 Å². The molecule has 0 aliphatic rings. The molecule has 0 saturated heterocycles. The molecule has 3 rings (SSSR count). The summed E-state index contributed by atoms with van der Waals surface area (Å²) >= 11 is 0. The third-order valence-electron chi connectivity index (χ3n) is 4.43. The summed E-state index contributed by atoms with van der Waals surface area (Å²) in [4.78, 5) is 16.6. The second-order valence-electron chi connectivity index (χ2n) is 6.59. The number of benzene rings is 1. The van der Waals surface area contributed by atoms with Crippen LogP contribution < -0.4 is 10.6 Å². The van der Waals surface area contributed by atoms with E-state index >= 15 is 0 Å². The average molecular weight is 364 g/mol. The van der Waals surface area contributed by atoms with Crippen molar-refractivity contribution in [2.75, 3.05) is 17.2 Å². The molecule has 3 aromatic rings. The summed E-state index contributed by atoms with van der Waals surface area (Å²) in [6, 6.07) is 11.3. The maximum absolute atomic E-state index is 12.3. The zero-order chi connectivity index (χ0) is 19.2. The van der Waals surface area contributed by atoms with Crippen molar-refractivity contribution in [3.8, 4) is 0 Å². The van der Waals surface area contributed by atoms with E-state index in [1.165, 1.54) is 5.56 Å². The SMILES string of the molecule is Cc1ccc(NC(=O)c2ccc(NCCCc3c(C)noc3C)nc2)cc1. The van der Waals surface area contributed by atoms with E-state index in [4.69, 9.17) is 4.52 Å². The molecule has 0 bridgehead atoms. The predicted molar refractivity (Wildman–Crippen MR) is 106 cm³/mol. The predicted octanol–water partition coefficient (Wildman–Crippen LogP) is 4.29. The van der Waals surface area contributed by atoms with E-state index in [-0.39, 0.29) is 5.91 Å². The molecule has 6 heteroatoms. The van der Waals surface area contributed by atoms with Crippen LogP contribution in [0.3, 0.4) is 0 Å². The van der Waals surface area contributed by atoms with Crippen molar-refractivity contribution in [2.45, 2.75) is 33.6 Å². The van der Waals surface area contributed by atoms with Crippen LogP contribution in [0.5, 0.6) is 0 Å². The number of anilines is 2. The lowest BCUT2D eigenvalue weighted by Crippen LogP contribution is -2.12. The third kappa shape index (κ3) is 4.94. The lowest BCUT2D eigenvalue weighted by molar-refractivity contribution is 0.102. The topological polar surface area (TPSA) is 80.0 Å². The first-order chi connectivity index (χ1) is 13.0. The summed E-state index contributed by atoms with van der Waals surface area (Å²) in [6.07, 6.45) is 3.44. The second-order valence-corrected chi connectivity index (χ2v) is 6.59. The highest BCUT2D eigenvalue weighted by Crippen LogP contribution is 2.15. The molecule has 0 aliphatic carbocycles. The van der Waals surface area contributed by atoms with Crippen LogP contribution in [-0.2, 0) is 6.42 Å². The molecular weight excluding hydrogens is 340 g/mol. The molecule has 0 spiro atoms. The van der Waals surface area contributed by atoms with Gasteiger partial charge in [0.2, 0.25) is 0 Å². The largest absolute Gasteiger partial charge is 0.370 e. The Morgan fingerprint density at radius 1 is 1.07 bits per heavy atom. The molecule has 2 N–H and O–H groups in total. The summed E-state index contributed by atoms with van der Waals surface area (Å²) in [7, 11) is 0. The number of nitrogens with one attached hydrogen (secondary N) is 2. The smallest absolute Gasteiger partial charge is 0.257 e. The normalized spacial score (nSPS) is 10.6. The number of carbonyl (C=O) groups is 1. The molecule has 27 heavy (non-hydrogen) atoms. The Kier molecular flexibility index (Phi) is 5.86. The minimum Gasteiger partial charge on any atom is -0.370 e. The van der Waals surface area contributed by atoms with Crippen LogP contribution >= 0.6 is 0 Å². The van der Waals surface area contributed by atoms with Gasteiger partial charge >= 0.3 is 0 Å². The summed E-state index contributed by atoms with van der Waals surface area (Å²) in [6.45, 7) is 6.69. The lowest BCUT2D eigenvalue weighted by Gasteiger charge is -2.08. The quantitative estimate of drug-likeness (QED) is 0.611. The van der Waals surface area contributed by atoms with Crippen LogP contribution in [0, 0.1) is 20.8 Å². The highest BCUT2D eigenvalue weighted by molar-refractivity contribution is 6.04. The number of aryl methyl sites for hydroxylation is 3. The Balaban J connectivity index is 1.48. The summed E-state index contributed by atoms with van der Waals surface area (Å²) in [5.41, 5.74) is 4.57. The van der Waals surface area contributed by atoms with Gasteiger partial charge in [0.1, 0.15) is 11.6 Å². The van der Waals surface area contributed by atoms with E-state index in [1.54, 1.807) is 12.3 Å². The van der Waals surface area contributed by atoms with Gasteiger partial charge in [-0.15, -0.1) is 0 Å². The van der Waals surface area contributed by atoms with Crippen molar-refractivity contribution >= 4 is 17.4 Å². The summed E-state index contributed by atoms with van der Waals surface area (Å²) in [5.74, 6) is 1.46. The van der Waals surface area contributed by atoms with Crippen LogP contribution in [0.2, 0.25) is 0 Å². The molecular formula is C21H24N4O2. The average Bonchev–Trinajstić information content (AvgIpc) is 2.99. The van der Waals surface area contributed by atoms with Gasteiger partial charge in [0, 0.05) is 24.0 Å². The zero-order valence-corrected chi connectivity index (χ0v) is 15.9. The molecule has 6 nitrogen and oxygen atoms in total. The number of pyridine rings is 1. The van der Waals surface area contributed by atoms with Gasteiger partial charge in [-0.05, 0) is 57.9 Å². The molecule has 0 saturated carbocycles. The maximum atomic E-state index is 12.3. The maximum Gasteiger partial charge on any atom is 0.257 e. The van der Waals surface area contributed by atoms with E-state index in [9.17, 15) is 4.79 Å². The van der Waals surface area contributed by atoms with Gasteiger partial charge in [-0.25, -0.2) is 4.98 Å². The first kappa shape index (κ1) is 18.6. The van der Waals surface area contributed by atoms with Gasteiger partial charge in [0.25, 0.3) is 5.91 Å². The van der Waals surface area contributed by atoms with E-state index in [2.05, 4.69) is 20.8 Å². The molecule has 2 aromatic heterocycles. The van der Waals surface area contributed by atoms with E-state index in [0.29, 0.717) is 5.56 Å². The van der Waals surface area contributed by atoms with Crippen molar-refractivity contribution < 1.29 is 9.32 Å². The Morgan fingerprint density at radius 2 is 1.85 bits per heavy atom. The highest BCUT2D eigenvalue weighted by Gasteiger charge is 2.09. The van der Waals surface area contributed by atoms with E-state index in [0.717, 1.165) is 47.9 Å². The van der Waals surface area contributed by atoms with Gasteiger partial charge in [-0.3, -0.25) is 4.79 Å². The Morgan fingerprint density at radius 3 is 2.48 bits per heavy atom. The van der Waals surface area contributed by atoms with Crippen molar-refractivity contribution in [2.24, 2.45) is 0 Å². The van der Waals surface area contributed by atoms with Gasteiger partial charge in [-0.2, -0.15) is 0 Å². The minimum absolute atomic E-state index is 0.170. The second kappa shape index (κ2) is 8.49. The molecule has 0 radical (unpaired) electrons. The van der Waals surface area contributed by atoms with Gasteiger partial charge in [0.05, 0.1) is 11.3 Å². The molecule has 0 fully saturated rings. The van der Waals surface area contributed by atoms with Crippen LogP contribution in [0.15, 0.2) is 47.1 Å². The van der Waals surface area contributed by atoms with Crippen molar-refractivity contribution in [1.82, 2.24) is 10.1 Å². The number of hydrogen-bond acceptors (Lipinski definition) is 5. The molecule has 1 amide bonds.